The molecule has 0 aliphatic heterocycles. The number of unbranched alkanes of at least 4 members (excludes halogenated alkanes) is 4. The fourth-order valence-corrected chi connectivity index (χ4v) is 1.27. The molecule has 0 unspecified atom stereocenters. The van der Waals surface area contributed by atoms with E-state index in [0.29, 0.717) is 6.61 Å². The lowest BCUT2D eigenvalue weighted by molar-refractivity contribution is 0.133. The molecule has 13 heavy (non-hydrogen) atoms. The molecule has 2 heteroatoms. The van der Waals surface area contributed by atoms with E-state index < -0.39 is 0 Å². The molecular formula is C11H23NO. The van der Waals surface area contributed by atoms with Crippen molar-refractivity contribution >= 4 is 0 Å². The van der Waals surface area contributed by atoms with Gasteiger partial charge in [0.15, 0.2) is 0 Å². The van der Waals surface area contributed by atoms with Crippen LogP contribution in [0.5, 0.6) is 0 Å². The van der Waals surface area contributed by atoms with Gasteiger partial charge in [-0.3, -0.25) is 0 Å². The third-order valence-electron chi connectivity index (χ3n) is 2.29. The lowest BCUT2D eigenvalue weighted by atomic mass is 10.1. The van der Waals surface area contributed by atoms with Crippen LogP contribution in [-0.2, 0) is 4.84 Å². The van der Waals surface area contributed by atoms with E-state index in [1.807, 2.05) is 0 Å². The Morgan fingerprint density at radius 1 is 1.15 bits per heavy atom. The van der Waals surface area contributed by atoms with Gasteiger partial charge in [0.2, 0.25) is 0 Å². The van der Waals surface area contributed by atoms with Crippen LogP contribution in [0, 0.1) is 0 Å². The number of allylic oxidation sites excluding steroid dienone is 1. The molecule has 0 spiro atoms. The molecule has 0 aromatic heterocycles. The van der Waals surface area contributed by atoms with Crippen LogP contribution in [0.1, 0.15) is 51.9 Å². The van der Waals surface area contributed by atoms with Crippen molar-refractivity contribution in [3.63, 3.8) is 0 Å². The van der Waals surface area contributed by atoms with Crippen LogP contribution in [0.25, 0.3) is 0 Å². The molecule has 0 aliphatic carbocycles. The summed E-state index contributed by atoms with van der Waals surface area (Å²) in [5.41, 5.74) is 1.38. The largest absolute Gasteiger partial charge is 0.305 e. The third-order valence-corrected chi connectivity index (χ3v) is 2.29. The second-order valence-corrected chi connectivity index (χ2v) is 3.49. The van der Waals surface area contributed by atoms with Crippen LogP contribution in [0.3, 0.4) is 0 Å². The van der Waals surface area contributed by atoms with Crippen LogP contribution >= 0.6 is 0 Å². The Morgan fingerprint density at radius 2 is 1.77 bits per heavy atom. The number of rotatable bonds is 9. The Balaban J connectivity index is 2.95. The molecule has 0 saturated heterocycles. The van der Waals surface area contributed by atoms with E-state index in [1.54, 1.807) is 0 Å². The lowest BCUT2D eigenvalue weighted by Crippen LogP contribution is -2.00. The van der Waals surface area contributed by atoms with Gasteiger partial charge in [0.1, 0.15) is 0 Å². The molecule has 0 fully saturated rings. The van der Waals surface area contributed by atoms with Gasteiger partial charge in [0, 0.05) is 0 Å². The molecule has 0 heterocycles. The van der Waals surface area contributed by atoms with Gasteiger partial charge in [-0.1, -0.05) is 38.3 Å². The highest BCUT2D eigenvalue weighted by Gasteiger charge is 1.92. The molecule has 0 aromatic carbocycles. The topological polar surface area (TPSA) is 35.2 Å². The van der Waals surface area contributed by atoms with Gasteiger partial charge in [-0.25, -0.2) is 5.90 Å². The quantitative estimate of drug-likeness (QED) is 0.340. The minimum atomic E-state index is 0.696. The first-order valence-electron chi connectivity index (χ1n) is 5.29. The fourth-order valence-electron chi connectivity index (χ4n) is 1.27. The summed E-state index contributed by atoms with van der Waals surface area (Å²) in [6.07, 6.45) is 8.53. The summed E-state index contributed by atoms with van der Waals surface area (Å²) in [4.78, 5) is 4.49. The van der Waals surface area contributed by atoms with Crippen LogP contribution < -0.4 is 5.90 Å². The van der Waals surface area contributed by atoms with Gasteiger partial charge < -0.3 is 4.84 Å². The number of hydrogen-bond donors (Lipinski definition) is 1. The number of hydrogen-bond acceptors (Lipinski definition) is 2. The molecule has 0 rings (SSSR count). The maximum absolute atomic E-state index is 4.92. The first kappa shape index (κ1) is 12.7. The Bertz CT molecular complexity index is 123. The van der Waals surface area contributed by atoms with Gasteiger partial charge in [-0.15, -0.1) is 0 Å². The second kappa shape index (κ2) is 9.75. The molecule has 0 radical (unpaired) electrons. The van der Waals surface area contributed by atoms with Crippen molar-refractivity contribution in [2.24, 2.45) is 5.90 Å². The highest BCUT2D eigenvalue weighted by molar-refractivity contribution is 4.91. The van der Waals surface area contributed by atoms with Crippen molar-refractivity contribution in [2.45, 2.75) is 51.9 Å². The number of nitrogens with two attached hydrogens (primary N) is 1. The van der Waals surface area contributed by atoms with E-state index in [4.69, 9.17) is 5.90 Å². The minimum absolute atomic E-state index is 0.696. The van der Waals surface area contributed by atoms with E-state index >= 15 is 0 Å². The van der Waals surface area contributed by atoms with Gasteiger partial charge in [-0.05, 0) is 25.7 Å². The van der Waals surface area contributed by atoms with E-state index in [9.17, 15) is 0 Å². The molecule has 0 aliphatic rings. The van der Waals surface area contributed by atoms with Crippen molar-refractivity contribution in [3.05, 3.63) is 12.2 Å². The standard InChI is InChI=1S/C11H23NO/c1-3-11(2)9-7-5-4-6-8-10-13-12/h2-10,12H2,1H3. The summed E-state index contributed by atoms with van der Waals surface area (Å²) in [5.74, 6) is 4.92. The molecule has 0 amide bonds. The van der Waals surface area contributed by atoms with Gasteiger partial charge in [0.05, 0.1) is 6.61 Å². The summed E-state index contributed by atoms with van der Waals surface area (Å²) in [6.45, 7) is 6.85. The SMILES string of the molecule is C=C(CC)CCCCCCCON. The maximum Gasteiger partial charge on any atom is 0.0679 e. The van der Waals surface area contributed by atoms with E-state index in [-0.39, 0.29) is 0 Å². The first-order chi connectivity index (χ1) is 6.31. The summed E-state index contributed by atoms with van der Waals surface area (Å²) in [5, 5.41) is 0. The van der Waals surface area contributed by atoms with Gasteiger partial charge >= 0.3 is 0 Å². The molecule has 0 bridgehead atoms. The minimum Gasteiger partial charge on any atom is -0.305 e. The molecule has 0 saturated carbocycles. The Kier molecular flexibility index (Phi) is 9.49. The summed E-state index contributed by atoms with van der Waals surface area (Å²) >= 11 is 0. The summed E-state index contributed by atoms with van der Waals surface area (Å²) in [6, 6.07) is 0. The molecule has 78 valence electrons. The normalized spacial score (nSPS) is 10.3. The Morgan fingerprint density at radius 3 is 2.38 bits per heavy atom. The molecule has 0 aromatic rings. The molecule has 2 nitrogen and oxygen atoms in total. The lowest BCUT2D eigenvalue weighted by Gasteiger charge is -2.02. The van der Waals surface area contributed by atoms with Gasteiger partial charge in [0.25, 0.3) is 0 Å². The highest BCUT2D eigenvalue weighted by atomic mass is 16.6. The highest BCUT2D eigenvalue weighted by Crippen LogP contribution is 2.11. The molecule has 2 N–H and O–H groups in total. The smallest absolute Gasteiger partial charge is 0.0679 e. The Labute approximate surface area is 82.1 Å². The van der Waals surface area contributed by atoms with E-state index in [1.165, 1.54) is 37.7 Å². The van der Waals surface area contributed by atoms with Crippen LogP contribution in [0.15, 0.2) is 12.2 Å². The second-order valence-electron chi connectivity index (χ2n) is 3.49. The van der Waals surface area contributed by atoms with Crippen molar-refractivity contribution < 1.29 is 4.84 Å². The zero-order valence-corrected chi connectivity index (χ0v) is 8.85. The van der Waals surface area contributed by atoms with Crippen LogP contribution in [0.2, 0.25) is 0 Å². The maximum atomic E-state index is 4.92. The zero-order valence-electron chi connectivity index (χ0n) is 8.85. The molecule has 0 atom stereocenters. The van der Waals surface area contributed by atoms with Crippen LogP contribution in [-0.4, -0.2) is 6.61 Å². The monoisotopic (exact) mass is 185 g/mol. The van der Waals surface area contributed by atoms with Gasteiger partial charge in [-0.2, -0.15) is 0 Å². The zero-order chi connectivity index (χ0) is 9.94. The summed E-state index contributed by atoms with van der Waals surface area (Å²) in [7, 11) is 0. The fraction of sp³-hybridized carbons (Fsp3) is 0.818. The Hall–Kier alpha value is -0.340. The van der Waals surface area contributed by atoms with E-state index in [0.717, 1.165) is 12.8 Å². The van der Waals surface area contributed by atoms with Crippen molar-refractivity contribution in [1.82, 2.24) is 0 Å². The molecular weight excluding hydrogens is 162 g/mol. The summed E-state index contributed by atoms with van der Waals surface area (Å²) < 4.78 is 0. The van der Waals surface area contributed by atoms with E-state index in [2.05, 4.69) is 18.3 Å². The first-order valence-corrected chi connectivity index (χ1v) is 5.29. The predicted octanol–water partition coefficient (Wildman–Crippen LogP) is 3.18. The average Bonchev–Trinajstić information content (AvgIpc) is 2.16. The third kappa shape index (κ3) is 9.57. The van der Waals surface area contributed by atoms with Crippen molar-refractivity contribution in [3.8, 4) is 0 Å². The van der Waals surface area contributed by atoms with Crippen molar-refractivity contribution in [1.29, 1.82) is 0 Å². The predicted molar refractivity (Wildman–Crippen MR) is 57.3 cm³/mol. The average molecular weight is 185 g/mol. The van der Waals surface area contributed by atoms with Crippen LogP contribution in [0.4, 0.5) is 0 Å². The van der Waals surface area contributed by atoms with Crippen molar-refractivity contribution in [2.75, 3.05) is 6.61 Å².